The molecular weight excluding hydrogens is 490 g/mol. The molecule has 0 atom stereocenters. The normalized spacial score (nSPS) is 18.4. The molecule has 7 nitrogen and oxygen atoms in total. The van der Waals surface area contributed by atoms with E-state index in [0.717, 1.165) is 43.5 Å². The zero-order valence-electron chi connectivity index (χ0n) is 23.1. The Kier molecular flexibility index (Phi) is 8.24. The van der Waals surface area contributed by atoms with E-state index in [9.17, 15) is 9.59 Å². The van der Waals surface area contributed by atoms with E-state index in [0.29, 0.717) is 50.4 Å². The number of rotatable bonds is 3. The van der Waals surface area contributed by atoms with Crippen molar-refractivity contribution in [3.8, 4) is 17.2 Å². The Bertz CT molecular complexity index is 1280. The second-order valence-corrected chi connectivity index (χ2v) is 10.8. The molecule has 1 fully saturated rings. The minimum Gasteiger partial charge on any atom is -0.495 e. The van der Waals surface area contributed by atoms with Crippen LogP contribution in [0.25, 0.3) is 5.69 Å². The van der Waals surface area contributed by atoms with E-state index >= 15 is 0 Å². The Hall–Kier alpha value is -3.74. The Morgan fingerprint density at radius 2 is 1.69 bits per heavy atom. The van der Waals surface area contributed by atoms with Crippen molar-refractivity contribution in [3.05, 3.63) is 78.1 Å². The molecule has 1 spiro atoms. The minimum absolute atomic E-state index is 0.00230. The molecule has 0 radical (unpaired) electrons. The molecule has 0 N–H and O–H groups in total. The third kappa shape index (κ3) is 5.82. The van der Waals surface area contributed by atoms with Crippen LogP contribution in [-0.2, 0) is 11.2 Å². The van der Waals surface area contributed by atoms with Crippen molar-refractivity contribution in [2.75, 3.05) is 40.4 Å². The number of para-hydroxylation sites is 1. The van der Waals surface area contributed by atoms with Crippen LogP contribution in [0.4, 0.5) is 0 Å². The number of methoxy groups -OCH3 is 1. The summed E-state index contributed by atoms with van der Waals surface area (Å²) in [4.78, 5) is 31.1. The van der Waals surface area contributed by atoms with Gasteiger partial charge in [-0.25, -0.2) is 0 Å². The number of carbonyl (C=O) groups is 2. The van der Waals surface area contributed by atoms with E-state index in [1.54, 1.807) is 7.11 Å². The minimum atomic E-state index is -0.428. The highest BCUT2D eigenvalue weighted by atomic mass is 16.5. The fraction of sp³-hybridized carbons (Fsp3) is 0.438. The van der Waals surface area contributed by atoms with Gasteiger partial charge in [-0.15, -0.1) is 0 Å². The Labute approximate surface area is 231 Å². The van der Waals surface area contributed by atoms with Crippen molar-refractivity contribution in [1.82, 2.24) is 14.4 Å². The summed E-state index contributed by atoms with van der Waals surface area (Å²) in [6.45, 7) is 2.17. The van der Waals surface area contributed by atoms with Crippen LogP contribution in [0.15, 0.2) is 67.0 Å². The van der Waals surface area contributed by atoms with E-state index < -0.39 is 5.41 Å². The van der Waals surface area contributed by atoms with Gasteiger partial charge < -0.3 is 23.8 Å². The highest BCUT2D eigenvalue weighted by Crippen LogP contribution is 2.39. The lowest BCUT2D eigenvalue weighted by Crippen LogP contribution is -2.51. The van der Waals surface area contributed by atoms with Crippen molar-refractivity contribution < 1.29 is 19.1 Å². The highest BCUT2D eigenvalue weighted by molar-refractivity contribution is 5.95. The number of hydrogen-bond acceptors (Lipinski definition) is 4. The van der Waals surface area contributed by atoms with Crippen LogP contribution >= 0.6 is 0 Å². The molecule has 3 aromatic rings. The molecule has 3 heterocycles. The summed E-state index contributed by atoms with van der Waals surface area (Å²) in [5, 5.41) is 0. The van der Waals surface area contributed by atoms with Crippen LogP contribution in [0, 0.1) is 5.41 Å². The third-order valence-electron chi connectivity index (χ3n) is 8.37. The van der Waals surface area contributed by atoms with Gasteiger partial charge in [0.05, 0.1) is 24.8 Å². The second kappa shape index (κ2) is 12.0. The van der Waals surface area contributed by atoms with Crippen LogP contribution in [0.2, 0.25) is 0 Å². The number of aryl methyl sites for hydroxylation is 1. The van der Waals surface area contributed by atoms with Gasteiger partial charge in [0.2, 0.25) is 5.91 Å². The molecular formula is C32H39N3O4. The van der Waals surface area contributed by atoms with E-state index in [-0.39, 0.29) is 11.8 Å². The van der Waals surface area contributed by atoms with Gasteiger partial charge in [-0.05, 0) is 74.1 Å². The van der Waals surface area contributed by atoms with Gasteiger partial charge in [-0.1, -0.05) is 31.0 Å². The topological polar surface area (TPSA) is 64.0 Å². The van der Waals surface area contributed by atoms with Crippen molar-refractivity contribution in [2.24, 2.45) is 5.41 Å². The van der Waals surface area contributed by atoms with Crippen molar-refractivity contribution in [1.29, 1.82) is 0 Å². The number of benzene rings is 2. The Morgan fingerprint density at radius 1 is 0.923 bits per heavy atom. The SMILES string of the molecule is COc1ccc(C(=O)N2CCC3(CCCCCc4ccccc4OCCN(C)C3=O)CC2)cc1-n1cccc1. The lowest BCUT2D eigenvalue weighted by molar-refractivity contribution is -0.144. The fourth-order valence-corrected chi connectivity index (χ4v) is 6.02. The first-order valence-electron chi connectivity index (χ1n) is 14.1. The number of amides is 2. The van der Waals surface area contributed by atoms with Crippen molar-refractivity contribution >= 4 is 11.8 Å². The molecule has 5 rings (SSSR count). The monoisotopic (exact) mass is 529 g/mol. The number of fused-ring (bicyclic) bond motifs is 1. The van der Waals surface area contributed by atoms with Gasteiger partial charge in [0.1, 0.15) is 18.1 Å². The van der Waals surface area contributed by atoms with E-state index in [1.165, 1.54) is 5.56 Å². The summed E-state index contributed by atoms with van der Waals surface area (Å²) < 4.78 is 13.6. The Morgan fingerprint density at radius 3 is 2.46 bits per heavy atom. The first kappa shape index (κ1) is 26.9. The lowest BCUT2D eigenvalue weighted by atomic mass is 9.73. The molecule has 1 aromatic heterocycles. The van der Waals surface area contributed by atoms with Gasteiger partial charge in [0.15, 0.2) is 0 Å². The average molecular weight is 530 g/mol. The average Bonchev–Trinajstić information content (AvgIpc) is 3.51. The lowest BCUT2D eigenvalue weighted by Gasteiger charge is -2.42. The molecule has 2 amide bonds. The molecule has 1 saturated heterocycles. The molecule has 2 aliphatic rings. The van der Waals surface area contributed by atoms with Crippen molar-refractivity contribution in [3.63, 3.8) is 0 Å². The van der Waals surface area contributed by atoms with Crippen LogP contribution in [0.5, 0.6) is 11.5 Å². The molecule has 39 heavy (non-hydrogen) atoms. The highest BCUT2D eigenvalue weighted by Gasteiger charge is 2.43. The van der Waals surface area contributed by atoms with Gasteiger partial charge in [-0.2, -0.15) is 0 Å². The number of likely N-dealkylation sites (N-methyl/N-ethyl adjacent to an activating group) is 1. The van der Waals surface area contributed by atoms with Crippen LogP contribution in [-0.4, -0.2) is 66.6 Å². The third-order valence-corrected chi connectivity index (χ3v) is 8.37. The maximum absolute atomic E-state index is 13.8. The van der Waals surface area contributed by atoms with Gasteiger partial charge in [0, 0.05) is 38.1 Å². The number of carbonyl (C=O) groups excluding carboxylic acids is 2. The molecule has 206 valence electrons. The number of ether oxygens (including phenoxy) is 2. The van der Waals surface area contributed by atoms with Gasteiger partial charge in [-0.3, -0.25) is 9.59 Å². The summed E-state index contributed by atoms with van der Waals surface area (Å²) in [5.74, 6) is 1.82. The van der Waals surface area contributed by atoms with Gasteiger partial charge >= 0.3 is 0 Å². The van der Waals surface area contributed by atoms with E-state index in [4.69, 9.17) is 9.47 Å². The quantitative estimate of drug-likeness (QED) is 0.458. The zero-order valence-corrected chi connectivity index (χ0v) is 23.1. The molecule has 7 heteroatoms. The molecule has 0 saturated carbocycles. The van der Waals surface area contributed by atoms with E-state index in [2.05, 4.69) is 12.1 Å². The largest absolute Gasteiger partial charge is 0.495 e. The predicted octanol–water partition coefficient (Wildman–Crippen LogP) is 5.36. The maximum atomic E-state index is 13.8. The van der Waals surface area contributed by atoms with E-state index in [1.807, 2.05) is 76.3 Å². The van der Waals surface area contributed by atoms with Crippen LogP contribution in [0.1, 0.15) is 54.4 Å². The molecule has 0 bridgehead atoms. The molecule has 2 aliphatic heterocycles. The smallest absolute Gasteiger partial charge is 0.253 e. The molecule has 2 aromatic carbocycles. The summed E-state index contributed by atoms with van der Waals surface area (Å²) in [7, 11) is 3.52. The van der Waals surface area contributed by atoms with Gasteiger partial charge in [0.25, 0.3) is 5.91 Å². The maximum Gasteiger partial charge on any atom is 0.253 e. The van der Waals surface area contributed by atoms with Crippen molar-refractivity contribution in [2.45, 2.75) is 44.9 Å². The van der Waals surface area contributed by atoms with Crippen LogP contribution < -0.4 is 9.47 Å². The fourth-order valence-electron chi connectivity index (χ4n) is 6.02. The first-order valence-corrected chi connectivity index (χ1v) is 14.1. The number of nitrogens with zero attached hydrogens (tertiary/aromatic N) is 3. The standard InChI is InChI=1S/C32H39N3O4/c1-33-22-23-39-28-12-6-5-11-25(28)10-4-3-7-15-32(31(33)37)16-20-35(21-17-32)30(36)26-13-14-29(38-2)27(24-26)34-18-8-9-19-34/h5-6,8-9,11-14,18-19,24H,3-4,7,10,15-17,20-23H2,1-2H3. The predicted molar refractivity (Wildman–Crippen MR) is 152 cm³/mol. The number of likely N-dealkylation sites (tertiary alicyclic amines) is 1. The summed E-state index contributed by atoms with van der Waals surface area (Å²) in [5.41, 5.74) is 2.28. The number of aromatic nitrogens is 1. The summed E-state index contributed by atoms with van der Waals surface area (Å²) >= 11 is 0. The first-order chi connectivity index (χ1) is 19.0. The number of hydrogen-bond donors (Lipinski definition) is 0. The summed E-state index contributed by atoms with van der Waals surface area (Å²) in [6.07, 6.45) is 10.3. The summed E-state index contributed by atoms with van der Waals surface area (Å²) in [6, 6.07) is 17.7. The molecule has 0 aliphatic carbocycles. The Balaban J connectivity index is 1.28. The molecule has 0 unspecified atom stereocenters. The van der Waals surface area contributed by atoms with Crippen LogP contribution in [0.3, 0.4) is 0 Å². The zero-order chi connectivity index (χ0) is 27.2. The second-order valence-electron chi connectivity index (χ2n) is 10.8. The number of piperidine rings is 1.